The molecule has 21 heavy (non-hydrogen) atoms. The van der Waals surface area contributed by atoms with Crippen molar-refractivity contribution in [3.05, 3.63) is 35.8 Å². The van der Waals surface area contributed by atoms with Gasteiger partial charge in [-0.2, -0.15) is 0 Å². The number of aryl methyl sites for hydroxylation is 1. The van der Waals surface area contributed by atoms with Gasteiger partial charge in [-0.3, -0.25) is 9.59 Å². The van der Waals surface area contributed by atoms with Crippen LogP contribution in [0.15, 0.2) is 24.4 Å². The zero-order chi connectivity index (χ0) is 15.0. The minimum absolute atomic E-state index is 0.276. The van der Waals surface area contributed by atoms with E-state index in [2.05, 4.69) is 4.98 Å². The first-order chi connectivity index (χ1) is 10.0. The summed E-state index contributed by atoms with van der Waals surface area (Å²) in [4.78, 5) is 29.2. The van der Waals surface area contributed by atoms with E-state index < -0.39 is 5.97 Å². The summed E-state index contributed by atoms with van der Waals surface area (Å²) in [5.74, 6) is -0.872. The lowest BCUT2D eigenvalue weighted by Gasteiger charge is -2.19. The highest BCUT2D eigenvalue weighted by molar-refractivity contribution is 5.94. The van der Waals surface area contributed by atoms with E-state index in [1.165, 1.54) is 4.90 Å². The van der Waals surface area contributed by atoms with Crippen molar-refractivity contribution in [3.63, 3.8) is 0 Å². The predicted molar refractivity (Wildman–Crippen MR) is 76.2 cm³/mol. The number of carboxylic acid groups (broad SMARTS) is 1. The fourth-order valence-corrected chi connectivity index (χ4v) is 2.41. The first-order valence-electron chi connectivity index (χ1n) is 7.00. The summed E-state index contributed by atoms with van der Waals surface area (Å²) in [7, 11) is 0. The molecule has 0 unspecified atom stereocenters. The van der Waals surface area contributed by atoms with Crippen LogP contribution in [0.3, 0.4) is 0 Å². The Balaban J connectivity index is 1.88. The molecule has 3 rings (SSSR count). The van der Waals surface area contributed by atoms with Crippen LogP contribution in [0.25, 0.3) is 5.65 Å². The summed E-state index contributed by atoms with van der Waals surface area (Å²) in [5, 5.41) is 8.98. The number of rotatable bonds is 5. The largest absolute Gasteiger partial charge is 0.480 e. The van der Waals surface area contributed by atoms with E-state index in [1.807, 2.05) is 29.5 Å². The summed E-state index contributed by atoms with van der Waals surface area (Å²) >= 11 is 0. The molecule has 0 aliphatic heterocycles. The number of carbonyl (C=O) groups excluding carboxylic acids is 1. The Hall–Kier alpha value is -2.37. The molecule has 1 amide bonds. The molecule has 0 bridgehead atoms. The maximum Gasteiger partial charge on any atom is 0.323 e. The van der Waals surface area contributed by atoms with Gasteiger partial charge >= 0.3 is 5.97 Å². The average Bonchev–Trinajstić information content (AvgIpc) is 3.13. The number of imidazole rings is 1. The number of amides is 1. The molecule has 1 N–H and O–H groups in total. The van der Waals surface area contributed by atoms with Gasteiger partial charge in [0.15, 0.2) is 0 Å². The Bertz CT molecular complexity index is 703. The van der Waals surface area contributed by atoms with E-state index in [9.17, 15) is 9.59 Å². The maximum absolute atomic E-state index is 12.5. The Kier molecular flexibility index (Phi) is 3.37. The zero-order valence-corrected chi connectivity index (χ0v) is 11.8. The number of hydrogen-bond acceptors (Lipinski definition) is 3. The highest BCUT2D eigenvalue weighted by Crippen LogP contribution is 2.30. The average molecular weight is 287 g/mol. The molecule has 6 nitrogen and oxygen atoms in total. The summed E-state index contributed by atoms with van der Waals surface area (Å²) in [6.45, 7) is 2.16. The van der Waals surface area contributed by atoms with E-state index in [1.54, 1.807) is 6.20 Å². The minimum atomic E-state index is -0.996. The van der Waals surface area contributed by atoms with Gasteiger partial charge in [0.05, 0.1) is 0 Å². The van der Waals surface area contributed by atoms with Gasteiger partial charge in [0.1, 0.15) is 17.9 Å². The van der Waals surface area contributed by atoms with Crippen molar-refractivity contribution in [3.8, 4) is 0 Å². The van der Waals surface area contributed by atoms with Gasteiger partial charge in [-0.05, 0) is 37.8 Å². The van der Waals surface area contributed by atoms with Crippen molar-refractivity contribution in [2.45, 2.75) is 19.8 Å². The lowest BCUT2D eigenvalue weighted by atomic mass is 10.3. The zero-order valence-electron chi connectivity index (χ0n) is 11.8. The number of carbonyl (C=O) groups is 2. The van der Waals surface area contributed by atoms with Crippen molar-refractivity contribution in [2.24, 2.45) is 5.92 Å². The molecule has 1 aliphatic carbocycles. The van der Waals surface area contributed by atoms with E-state index in [4.69, 9.17) is 5.11 Å². The lowest BCUT2D eigenvalue weighted by Crippen LogP contribution is -2.37. The van der Waals surface area contributed by atoms with Crippen LogP contribution in [0.1, 0.15) is 29.0 Å². The van der Waals surface area contributed by atoms with Gasteiger partial charge in [0, 0.05) is 18.4 Å². The first kappa shape index (κ1) is 13.6. The molecule has 2 aromatic rings. The summed E-state index contributed by atoms with van der Waals surface area (Å²) in [6, 6.07) is 5.64. The van der Waals surface area contributed by atoms with Gasteiger partial charge in [-0.1, -0.05) is 6.07 Å². The molecule has 0 spiro atoms. The van der Waals surface area contributed by atoms with Crippen LogP contribution in [-0.4, -0.2) is 44.4 Å². The summed E-state index contributed by atoms with van der Waals surface area (Å²) in [5.41, 5.74) is 1.97. The third kappa shape index (κ3) is 2.89. The molecule has 2 aromatic heterocycles. The lowest BCUT2D eigenvalue weighted by molar-refractivity contribution is -0.137. The van der Waals surface area contributed by atoms with Crippen LogP contribution in [0.5, 0.6) is 0 Å². The van der Waals surface area contributed by atoms with E-state index in [0.717, 1.165) is 18.5 Å². The number of aromatic nitrogens is 2. The Morgan fingerprint density at radius 2 is 2.19 bits per heavy atom. The van der Waals surface area contributed by atoms with Gasteiger partial charge < -0.3 is 14.4 Å². The highest BCUT2D eigenvalue weighted by atomic mass is 16.4. The van der Waals surface area contributed by atoms with E-state index in [-0.39, 0.29) is 12.5 Å². The van der Waals surface area contributed by atoms with Crippen LogP contribution < -0.4 is 0 Å². The number of aliphatic carboxylic acids is 1. The fourth-order valence-electron chi connectivity index (χ4n) is 2.41. The first-order valence-corrected chi connectivity index (χ1v) is 7.00. The predicted octanol–water partition coefficient (Wildman–Crippen LogP) is 1.58. The Morgan fingerprint density at radius 3 is 2.81 bits per heavy atom. The van der Waals surface area contributed by atoms with Crippen LogP contribution in [-0.2, 0) is 4.79 Å². The van der Waals surface area contributed by atoms with Crippen LogP contribution >= 0.6 is 0 Å². The Labute approximate surface area is 122 Å². The van der Waals surface area contributed by atoms with Crippen molar-refractivity contribution in [2.75, 3.05) is 13.1 Å². The molecule has 0 aromatic carbocycles. The monoisotopic (exact) mass is 287 g/mol. The molecule has 110 valence electrons. The number of carboxylic acids is 1. The molecule has 1 aliphatic rings. The molecular weight excluding hydrogens is 270 g/mol. The topological polar surface area (TPSA) is 74.9 Å². The van der Waals surface area contributed by atoms with Crippen LogP contribution in [0, 0.1) is 12.8 Å². The molecule has 0 atom stereocenters. The van der Waals surface area contributed by atoms with Gasteiger partial charge in [-0.25, -0.2) is 4.98 Å². The fraction of sp³-hybridized carbons (Fsp3) is 0.400. The van der Waals surface area contributed by atoms with Gasteiger partial charge in [-0.15, -0.1) is 0 Å². The molecule has 6 heteroatoms. The molecule has 0 saturated heterocycles. The molecule has 1 saturated carbocycles. The van der Waals surface area contributed by atoms with Crippen LogP contribution in [0.2, 0.25) is 0 Å². The van der Waals surface area contributed by atoms with Crippen molar-refractivity contribution in [1.29, 1.82) is 0 Å². The van der Waals surface area contributed by atoms with Gasteiger partial charge in [0.25, 0.3) is 5.91 Å². The third-order valence-electron chi connectivity index (χ3n) is 3.70. The number of nitrogens with zero attached hydrogens (tertiary/aromatic N) is 3. The van der Waals surface area contributed by atoms with Crippen molar-refractivity contribution >= 4 is 17.5 Å². The second-order valence-electron chi connectivity index (χ2n) is 5.54. The van der Waals surface area contributed by atoms with Gasteiger partial charge in [0.2, 0.25) is 0 Å². The second kappa shape index (κ2) is 5.20. The Morgan fingerprint density at radius 1 is 1.43 bits per heavy atom. The quantitative estimate of drug-likeness (QED) is 0.906. The molecular formula is C15H17N3O3. The van der Waals surface area contributed by atoms with Crippen molar-refractivity contribution < 1.29 is 14.7 Å². The van der Waals surface area contributed by atoms with Crippen molar-refractivity contribution in [1.82, 2.24) is 14.3 Å². The number of fused-ring (bicyclic) bond motifs is 1. The SMILES string of the molecule is Cc1cccc2nc(C(=O)N(CC(=O)O)CC3CC3)cn12. The smallest absolute Gasteiger partial charge is 0.323 e. The summed E-state index contributed by atoms with van der Waals surface area (Å²) < 4.78 is 1.84. The number of hydrogen-bond donors (Lipinski definition) is 1. The summed E-state index contributed by atoms with van der Waals surface area (Å²) in [6.07, 6.45) is 3.80. The number of pyridine rings is 1. The molecule has 0 radical (unpaired) electrons. The molecule has 2 heterocycles. The minimum Gasteiger partial charge on any atom is -0.480 e. The van der Waals surface area contributed by atoms with E-state index in [0.29, 0.717) is 23.8 Å². The maximum atomic E-state index is 12.5. The second-order valence-corrected chi connectivity index (χ2v) is 5.54. The van der Waals surface area contributed by atoms with Crippen LogP contribution in [0.4, 0.5) is 0 Å². The third-order valence-corrected chi connectivity index (χ3v) is 3.70. The van der Waals surface area contributed by atoms with E-state index >= 15 is 0 Å². The normalized spacial score (nSPS) is 14.3. The molecule has 1 fully saturated rings. The standard InChI is InChI=1S/C15H17N3O3/c1-10-3-2-4-13-16-12(8-18(10)13)15(21)17(9-14(19)20)7-11-5-6-11/h2-4,8,11H,5-7,9H2,1H3,(H,19,20). The highest BCUT2D eigenvalue weighted by Gasteiger charge is 2.29.